The van der Waals surface area contributed by atoms with E-state index in [0.717, 1.165) is 41.4 Å². The molecule has 1 atom stereocenters. The summed E-state index contributed by atoms with van der Waals surface area (Å²) < 4.78 is 13.0. The Balaban J connectivity index is 1.67. The predicted molar refractivity (Wildman–Crippen MR) is 102 cm³/mol. The Morgan fingerprint density at radius 3 is 2.82 bits per heavy atom. The van der Waals surface area contributed by atoms with Gasteiger partial charge in [-0.15, -0.1) is 0 Å². The number of H-pyrrole nitrogens is 1. The van der Waals surface area contributed by atoms with E-state index in [-0.39, 0.29) is 11.8 Å². The molecule has 1 saturated heterocycles. The van der Waals surface area contributed by atoms with Crippen LogP contribution in [-0.4, -0.2) is 52.2 Å². The molecule has 146 valence electrons. The maximum Gasteiger partial charge on any atom is 0.226 e. The van der Waals surface area contributed by atoms with Crippen molar-refractivity contribution < 1.29 is 13.9 Å². The van der Waals surface area contributed by atoms with Crippen LogP contribution in [0.3, 0.4) is 0 Å². The number of hydrogen-bond donors (Lipinski definition) is 2. The maximum atomic E-state index is 12.5. The summed E-state index contributed by atoms with van der Waals surface area (Å²) in [5, 5.41) is 15.0. The molecule has 0 spiro atoms. The third-order valence-corrected chi connectivity index (χ3v) is 5.46. The van der Waals surface area contributed by atoms with E-state index in [2.05, 4.69) is 25.5 Å². The first-order valence-electron chi connectivity index (χ1n) is 9.41. The van der Waals surface area contributed by atoms with Crippen LogP contribution in [0.1, 0.15) is 29.2 Å². The molecule has 0 aromatic carbocycles. The highest BCUT2D eigenvalue weighted by molar-refractivity contribution is 5.96. The molecular formula is C19H22N6O3. The second-order valence-electron chi connectivity index (χ2n) is 7.19. The number of fused-ring (bicyclic) bond motifs is 1. The van der Waals surface area contributed by atoms with Gasteiger partial charge in [-0.25, -0.2) is 0 Å². The van der Waals surface area contributed by atoms with Crippen molar-refractivity contribution in [2.45, 2.75) is 19.3 Å². The molecule has 2 aliphatic rings. The Labute approximate surface area is 161 Å². The monoisotopic (exact) mass is 382 g/mol. The first-order chi connectivity index (χ1) is 13.6. The van der Waals surface area contributed by atoms with Gasteiger partial charge in [0, 0.05) is 43.6 Å². The fourth-order valence-corrected chi connectivity index (χ4v) is 4.33. The molecule has 3 aromatic rings. The first kappa shape index (κ1) is 17.1. The number of aryl methyl sites for hydroxylation is 2. The lowest BCUT2D eigenvalue weighted by Crippen LogP contribution is -2.38. The van der Waals surface area contributed by atoms with Gasteiger partial charge in [0.15, 0.2) is 11.6 Å². The summed E-state index contributed by atoms with van der Waals surface area (Å²) in [4.78, 5) is 14.8. The quantitative estimate of drug-likeness (QED) is 0.719. The molecular weight excluding hydrogens is 360 g/mol. The van der Waals surface area contributed by atoms with Gasteiger partial charge in [-0.05, 0) is 19.1 Å². The van der Waals surface area contributed by atoms with E-state index in [0.29, 0.717) is 31.2 Å². The molecule has 1 fully saturated rings. The van der Waals surface area contributed by atoms with Gasteiger partial charge in [0.25, 0.3) is 0 Å². The van der Waals surface area contributed by atoms with Gasteiger partial charge in [0.05, 0.1) is 25.2 Å². The van der Waals surface area contributed by atoms with Gasteiger partial charge in [-0.3, -0.25) is 14.6 Å². The van der Waals surface area contributed by atoms with Crippen LogP contribution in [-0.2, 0) is 16.6 Å². The van der Waals surface area contributed by atoms with Crippen molar-refractivity contribution in [3.05, 3.63) is 35.2 Å². The largest absolute Gasteiger partial charge is 0.463 e. The molecule has 0 aliphatic carbocycles. The minimum absolute atomic E-state index is 0.0498. The molecule has 1 amide bonds. The van der Waals surface area contributed by atoms with Gasteiger partial charge >= 0.3 is 0 Å². The summed E-state index contributed by atoms with van der Waals surface area (Å²) in [6, 6.07) is 3.73. The second-order valence-corrected chi connectivity index (χ2v) is 7.19. The summed E-state index contributed by atoms with van der Waals surface area (Å²) in [6.45, 7) is 4.97. The lowest BCUT2D eigenvalue weighted by atomic mass is 9.84. The Kier molecular flexibility index (Phi) is 3.97. The Bertz CT molecular complexity index is 1010. The van der Waals surface area contributed by atoms with Crippen LogP contribution in [0.15, 0.2) is 22.8 Å². The average Bonchev–Trinajstić information content (AvgIpc) is 3.40. The normalized spacial score (nSPS) is 19.6. The van der Waals surface area contributed by atoms with Crippen molar-refractivity contribution in [1.29, 1.82) is 0 Å². The van der Waals surface area contributed by atoms with Crippen molar-refractivity contribution in [3.8, 4) is 11.5 Å². The van der Waals surface area contributed by atoms with Crippen molar-refractivity contribution in [1.82, 2.24) is 20.0 Å². The number of ether oxygens (including phenoxy) is 1. The molecule has 5 rings (SSSR count). The molecule has 5 heterocycles. The van der Waals surface area contributed by atoms with Crippen LogP contribution in [0, 0.1) is 6.92 Å². The SMILES string of the molecule is Cc1nn(C)c(N2CCOCC2)c1[C@H]1CC(=O)Nc2n[nH]c(-c3ccco3)c21. The fourth-order valence-electron chi connectivity index (χ4n) is 4.33. The molecule has 9 heteroatoms. The highest BCUT2D eigenvalue weighted by atomic mass is 16.5. The maximum absolute atomic E-state index is 12.5. The van der Waals surface area contributed by atoms with Gasteiger partial charge in [0.2, 0.25) is 5.91 Å². The average molecular weight is 382 g/mol. The van der Waals surface area contributed by atoms with Gasteiger partial charge in [-0.2, -0.15) is 10.2 Å². The van der Waals surface area contributed by atoms with E-state index in [4.69, 9.17) is 9.15 Å². The molecule has 9 nitrogen and oxygen atoms in total. The van der Waals surface area contributed by atoms with Gasteiger partial charge in [0.1, 0.15) is 11.5 Å². The number of nitrogens with zero attached hydrogens (tertiary/aromatic N) is 4. The first-order valence-corrected chi connectivity index (χ1v) is 9.41. The number of morpholine rings is 1. The zero-order valence-electron chi connectivity index (χ0n) is 15.9. The zero-order valence-corrected chi connectivity index (χ0v) is 15.9. The molecule has 0 unspecified atom stereocenters. The number of furan rings is 1. The number of aromatic nitrogens is 4. The number of anilines is 2. The standard InChI is InChI=1S/C19H22N6O3/c1-11-15(19(24(2)23-11)25-5-8-27-9-6-25)12-10-14(26)20-18-16(12)17(21-22-18)13-4-3-7-28-13/h3-4,7,12H,5-6,8-10H2,1-2H3,(H2,20,21,22,26)/t12-/m1/s1. The number of nitrogens with one attached hydrogen (secondary N) is 2. The Morgan fingerprint density at radius 1 is 1.25 bits per heavy atom. The summed E-state index contributed by atoms with van der Waals surface area (Å²) in [7, 11) is 1.95. The number of aromatic amines is 1. The van der Waals surface area contributed by atoms with E-state index in [1.807, 2.05) is 30.8 Å². The summed E-state index contributed by atoms with van der Waals surface area (Å²) >= 11 is 0. The van der Waals surface area contributed by atoms with Crippen LogP contribution in [0.5, 0.6) is 0 Å². The van der Waals surface area contributed by atoms with Crippen LogP contribution < -0.4 is 10.2 Å². The lowest BCUT2D eigenvalue weighted by Gasteiger charge is -2.32. The van der Waals surface area contributed by atoms with Crippen LogP contribution in [0.4, 0.5) is 11.6 Å². The van der Waals surface area contributed by atoms with Crippen LogP contribution >= 0.6 is 0 Å². The molecule has 3 aromatic heterocycles. The van der Waals surface area contributed by atoms with E-state index >= 15 is 0 Å². The van der Waals surface area contributed by atoms with E-state index in [9.17, 15) is 4.79 Å². The van der Waals surface area contributed by atoms with E-state index < -0.39 is 0 Å². The number of rotatable bonds is 3. The predicted octanol–water partition coefficient (Wildman–Crippen LogP) is 2.02. The highest BCUT2D eigenvalue weighted by Gasteiger charge is 2.37. The molecule has 0 saturated carbocycles. The molecule has 2 N–H and O–H groups in total. The van der Waals surface area contributed by atoms with Crippen LogP contribution in [0.2, 0.25) is 0 Å². The number of hydrogen-bond acceptors (Lipinski definition) is 6. The van der Waals surface area contributed by atoms with Crippen molar-refractivity contribution in [2.75, 3.05) is 36.5 Å². The van der Waals surface area contributed by atoms with Gasteiger partial charge < -0.3 is 19.4 Å². The third-order valence-electron chi connectivity index (χ3n) is 5.46. The summed E-state index contributed by atoms with van der Waals surface area (Å²) in [6.07, 6.45) is 1.97. The number of amides is 1. The topological polar surface area (TPSA) is 101 Å². The minimum Gasteiger partial charge on any atom is -0.463 e. The Hall–Kier alpha value is -3.07. The second kappa shape index (κ2) is 6.52. The number of carbonyl (C=O) groups excluding carboxylic acids is 1. The van der Waals surface area contributed by atoms with Crippen molar-refractivity contribution in [3.63, 3.8) is 0 Å². The molecule has 0 bridgehead atoms. The summed E-state index contributed by atoms with van der Waals surface area (Å²) in [5.74, 6) is 2.09. The van der Waals surface area contributed by atoms with Crippen LogP contribution in [0.25, 0.3) is 11.5 Å². The van der Waals surface area contributed by atoms with Gasteiger partial charge in [-0.1, -0.05) is 0 Å². The molecule has 2 aliphatic heterocycles. The lowest BCUT2D eigenvalue weighted by molar-refractivity contribution is -0.116. The molecule has 0 radical (unpaired) electrons. The Morgan fingerprint density at radius 2 is 2.07 bits per heavy atom. The fraction of sp³-hybridized carbons (Fsp3) is 0.421. The van der Waals surface area contributed by atoms with Crippen molar-refractivity contribution in [2.24, 2.45) is 7.05 Å². The highest BCUT2D eigenvalue weighted by Crippen LogP contribution is 2.45. The number of carbonyl (C=O) groups is 1. The molecule has 28 heavy (non-hydrogen) atoms. The smallest absolute Gasteiger partial charge is 0.226 e. The van der Waals surface area contributed by atoms with E-state index in [1.54, 1.807) is 6.26 Å². The van der Waals surface area contributed by atoms with Crippen molar-refractivity contribution >= 4 is 17.5 Å². The third kappa shape index (κ3) is 2.62. The summed E-state index contributed by atoms with van der Waals surface area (Å²) in [5.41, 5.74) is 3.72. The minimum atomic E-state index is -0.158. The van der Waals surface area contributed by atoms with E-state index in [1.165, 1.54) is 0 Å². The zero-order chi connectivity index (χ0) is 19.3.